The van der Waals surface area contributed by atoms with E-state index in [1.165, 1.54) is 0 Å². The highest BCUT2D eigenvalue weighted by Gasteiger charge is 2.34. The monoisotopic (exact) mass is 351 g/mol. The molecule has 0 aliphatic heterocycles. The molecule has 0 aliphatic carbocycles. The fourth-order valence-corrected chi connectivity index (χ4v) is 2.39. The van der Waals surface area contributed by atoms with Gasteiger partial charge in [0.25, 0.3) is 5.91 Å². The minimum absolute atomic E-state index is 0.203. The van der Waals surface area contributed by atoms with Crippen molar-refractivity contribution in [2.24, 2.45) is 0 Å². The molecule has 6 nitrogen and oxygen atoms in total. The second-order valence-corrected chi connectivity index (χ2v) is 5.01. The number of aromatic nitrogens is 2. The highest BCUT2D eigenvalue weighted by Crippen LogP contribution is 2.36. The van der Waals surface area contributed by atoms with Gasteiger partial charge in [0.2, 0.25) is 5.69 Å². The van der Waals surface area contributed by atoms with E-state index in [-0.39, 0.29) is 5.00 Å². The van der Waals surface area contributed by atoms with Crippen LogP contribution in [0.1, 0.15) is 26.4 Å². The van der Waals surface area contributed by atoms with Crippen molar-refractivity contribution in [2.45, 2.75) is 6.18 Å². The minimum atomic E-state index is -4.72. The summed E-state index contributed by atoms with van der Waals surface area (Å²) < 4.78 is 41.5. The quantitative estimate of drug-likeness (QED) is 0.886. The van der Waals surface area contributed by atoms with Gasteiger partial charge in [-0.3, -0.25) is 4.79 Å². The van der Waals surface area contributed by atoms with Crippen molar-refractivity contribution >= 4 is 40.0 Å². The third-order valence-corrected chi connectivity index (χ3v) is 3.51. The summed E-state index contributed by atoms with van der Waals surface area (Å²) in [5, 5.41) is 13.3. The highest BCUT2D eigenvalue weighted by molar-refractivity contribution is 7.10. The normalized spacial score (nSPS) is 11.3. The predicted octanol–water partition coefficient (Wildman–Crippen LogP) is 3.16. The van der Waals surface area contributed by atoms with Gasteiger partial charge in [0.1, 0.15) is 0 Å². The van der Waals surface area contributed by atoms with Crippen LogP contribution in [-0.4, -0.2) is 26.6 Å². The maximum absolute atomic E-state index is 12.7. The molecular formula is C11H5ClF3N3O3S. The number of alkyl halides is 3. The Bertz CT molecular complexity index is 748. The standard InChI is InChI=1S/C11H5ClF3N3O3S/c12-6-4(2-1-3-5(6)11(13,14)15)8(19)16-9-7(10(20)21)17-18-22-9/h1-3H,(H,16,19)(H,20,21). The number of halogens is 4. The Balaban J connectivity index is 2.35. The lowest BCUT2D eigenvalue weighted by atomic mass is 10.1. The lowest BCUT2D eigenvalue weighted by molar-refractivity contribution is -0.137. The Hall–Kier alpha value is -2.20. The Morgan fingerprint density at radius 1 is 1.32 bits per heavy atom. The van der Waals surface area contributed by atoms with Gasteiger partial charge in [-0.1, -0.05) is 22.2 Å². The summed E-state index contributed by atoms with van der Waals surface area (Å²) in [5.41, 5.74) is -2.12. The van der Waals surface area contributed by atoms with Crippen molar-refractivity contribution in [1.82, 2.24) is 9.59 Å². The number of anilines is 1. The predicted molar refractivity (Wildman–Crippen MR) is 71.3 cm³/mol. The molecule has 1 heterocycles. The summed E-state index contributed by atoms with van der Waals surface area (Å²) in [6, 6.07) is 2.84. The van der Waals surface area contributed by atoms with Gasteiger partial charge >= 0.3 is 12.1 Å². The molecule has 0 atom stereocenters. The number of aromatic carboxylic acids is 1. The molecule has 22 heavy (non-hydrogen) atoms. The number of rotatable bonds is 3. The first-order chi connectivity index (χ1) is 10.2. The number of carbonyl (C=O) groups is 2. The van der Waals surface area contributed by atoms with Crippen LogP contribution in [0.4, 0.5) is 18.2 Å². The minimum Gasteiger partial charge on any atom is -0.476 e. The van der Waals surface area contributed by atoms with E-state index in [1.807, 2.05) is 0 Å². The molecule has 0 saturated heterocycles. The van der Waals surface area contributed by atoms with Crippen LogP contribution >= 0.6 is 23.1 Å². The number of hydrogen-bond acceptors (Lipinski definition) is 5. The third-order valence-electron chi connectivity index (χ3n) is 2.47. The Morgan fingerprint density at radius 2 is 2.00 bits per heavy atom. The molecule has 11 heteroatoms. The van der Waals surface area contributed by atoms with E-state index in [0.717, 1.165) is 18.2 Å². The molecule has 0 unspecified atom stereocenters. The lowest BCUT2D eigenvalue weighted by Gasteiger charge is -2.11. The first kappa shape index (κ1) is 16.2. The molecule has 116 valence electrons. The Morgan fingerprint density at radius 3 is 2.59 bits per heavy atom. The van der Waals surface area contributed by atoms with Crippen molar-refractivity contribution in [1.29, 1.82) is 0 Å². The molecule has 1 amide bonds. The number of nitrogens with one attached hydrogen (secondary N) is 1. The number of carboxylic acid groups (broad SMARTS) is 1. The number of nitrogens with zero attached hydrogens (tertiary/aromatic N) is 2. The highest BCUT2D eigenvalue weighted by atomic mass is 35.5. The van der Waals surface area contributed by atoms with Crippen molar-refractivity contribution in [3.63, 3.8) is 0 Å². The molecule has 2 N–H and O–H groups in total. The maximum Gasteiger partial charge on any atom is 0.417 e. The smallest absolute Gasteiger partial charge is 0.417 e. The molecule has 0 saturated carbocycles. The zero-order chi connectivity index (χ0) is 16.5. The van der Waals surface area contributed by atoms with Crippen LogP contribution in [0.25, 0.3) is 0 Å². The fourth-order valence-electron chi connectivity index (χ4n) is 1.51. The molecule has 0 bridgehead atoms. The van der Waals surface area contributed by atoms with Crippen LogP contribution in [0.15, 0.2) is 18.2 Å². The number of benzene rings is 1. The van der Waals surface area contributed by atoms with Gasteiger partial charge in [0.15, 0.2) is 5.00 Å². The zero-order valence-corrected chi connectivity index (χ0v) is 11.9. The average molecular weight is 352 g/mol. The van der Waals surface area contributed by atoms with Crippen molar-refractivity contribution in [3.05, 3.63) is 40.0 Å². The summed E-state index contributed by atoms with van der Waals surface area (Å²) >= 11 is 6.18. The molecular weight excluding hydrogens is 347 g/mol. The summed E-state index contributed by atoms with van der Waals surface area (Å²) in [5.74, 6) is -2.43. The fraction of sp³-hybridized carbons (Fsp3) is 0.0909. The van der Waals surface area contributed by atoms with Crippen LogP contribution in [0.3, 0.4) is 0 Å². The van der Waals surface area contributed by atoms with Gasteiger partial charge in [0, 0.05) is 11.5 Å². The molecule has 0 aliphatic rings. The van der Waals surface area contributed by atoms with Crippen LogP contribution in [-0.2, 0) is 6.18 Å². The van der Waals surface area contributed by atoms with Crippen LogP contribution < -0.4 is 5.32 Å². The van der Waals surface area contributed by atoms with E-state index < -0.39 is 39.9 Å². The van der Waals surface area contributed by atoms with Gasteiger partial charge in [0.05, 0.1) is 16.1 Å². The van der Waals surface area contributed by atoms with Crippen LogP contribution in [0, 0.1) is 0 Å². The largest absolute Gasteiger partial charge is 0.476 e. The van der Waals surface area contributed by atoms with Gasteiger partial charge < -0.3 is 10.4 Å². The van der Waals surface area contributed by atoms with Crippen molar-refractivity contribution < 1.29 is 27.9 Å². The van der Waals surface area contributed by atoms with E-state index in [0.29, 0.717) is 11.5 Å². The number of carbonyl (C=O) groups excluding carboxylic acids is 1. The van der Waals surface area contributed by atoms with Gasteiger partial charge in [-0.15, -0.1) is 5.10 Å². The van der Waals surface area contributed by atoms with Crippen molar-refractivity contribution in [2.75, 3.05) is 5.32 Å². The third kappa shape index (κ3) is 3.17. The van der Waals surface area contributed by atoms with E-state index in [9.17, 15) is 22.8 Å². The SMILES string of the molecule is O=C(Nc1snnc1C(=O)O)c1cccc(C(F)(F)F)c1Cl. The van der Waals surface area contributed by atoms with Gasteiger partial charge in [-0.05, 0) is 12.1 Å². The van der Waals surface area contributed by atoms with Gasteiger partial charge in [-0.25, -0.2) is 4.79 Å². The Kier molecular flexibility index (Phi) is 4.33. The lowest BCUT2D eigenvalue weighted by Crippen LogP contribution is -2.16. The molecule has 0 fully saturated rings. The summed E-state index contributed by atoms with van der Waals surface area (Å²) in [7, 11) is 0. The molecule has 1 aromatic heterocycles. The zero-order valence-electron chi connectivity index (χ0n) is 10.3. The van der Waals surface area contributed by atoms with Gasteiger partial charge in [-0.2, -0.15) is 13.2 Å². The molecule has 2 aromatic rings. The molecule has 1 aromatic carbocycles. The molecule has 2 rings (SSSR count). The summed E-state index contributed by atoms with van der Waals surface area (Å²) in [6.07, 6.45) is -4.72. The number of carboxylic acids is 1. The second kappa shape index (κ2) is 5.89. The van der Waals surface area contributed by atoms with E-state index in [2.05, 4.69) is 14.9 Å². The topological polar surface area (TPSA) is 92.2 Å². The maximum atomic E-state index is 12.7. The van der Waals surface area contributed by atoms with Crippen LogP contribution in [0.2, 0.25) is 5.02 Å². The summed E-state index contributed by atoms with van der Waals surface area (Å²) in [4.78, 5) is 22.8. The average Bonchev–Trinajstić information content (AvgIpc) is 2.85. The first-order valence-corrected chi connectivity index (χ1v) is 6.59. The molecule has 0 spiro atoms. The van der Waals surface area contributed by atoms with E-state index >= 15 is 0 Å². The van der Waals surface area contributed by atoms with Crippen molar-refractivity contribution in [3.8, 4) is 0 Å². The Labute approximate surface area is 129 Å². The molecule has 0 radical (unpaired) electrons. The number of hydrogen-bond donors (Lipinski definition) is 2. The summed E-state index contributed by atoms with van der Waals surface area (Å²) in [6.45, 7) is 0. The second-order valence-electron chi connectivity index (χ2n) is 3.87. The van der Waals surface area contributed by atoms with E-state index in [4.69, 9.17) is 16.7 Å². The first-order valence-electron chi connectivity index (χ1n) is 5.44. The number of amides is 1. The van der Waals surface area contributed by atoms with Crippen LogP contribution in [0.5, 0.6) is 0 Å². The van der Waals surface area contributed by atoms with E-state index in [1.54, 1.807) is 0 Å².